The van der Waals surface area contributed by atoms with E-state index in [1.807, 2.05) is 0 Å². The van der Waals surface area contributed by atoms with E-state index in [1.165, 1.54) is 38.5 Å². The number of aromatic nitrogens is 2. The summed E-state index contributed by atoms with van der Waals surface area (Å²) >= 11 is 0. The van der Waals surface area contributed by atoms with Gasteiger partial charge in [-0.3, -0.25) is 0 Å². The van der Waals surface area contributed by atoms with Gasteiger partial charge in [0.2, 0.25) is 5.89 Å². The molecule has 1 aromatic rings. The fourth-order valence-corrected chi connectivity index (χ4v) is 5.43. The zero-order valence-electron chi connectivity index (χ0n) is 12.5. The maximum Gasteiger partial charge on any atom is 0.244 e. The molecule has 4 aliphatic carbocycles. The number of hydrogen-bond donors (Lipinski definition) is 1. The highest BCUT2D eigenvalue weighted by Crippen LogP contribution is 2.63. The van der Waals surface area contributed by atoms with Gasteiger partial charge in [-0.05, 0) is 61.7 Å². The third kappa shape index (κ3) is 1.84. The lowest BCUT2D eigenvalue weighted by atomic mass is 9.48. The second kappa shape index (κ2) is 4.30. The summed E-state index contributed by atoms with van der Waals surface area (Å²) in [5, 5.41) is 4.10. The van der Waals surface area contributed by atoms with Gasteiger partial charge in [0.05, 0.1) is 6.04 Å². The molecule has 4 aliphatic rings. The van der Waals surface area contributed by atoms with Gasteiger partial charge in [-0.1, -0.05) is 19.0 Å². The van der Waals surface area contributed by atoms with E-state index in [2.05, 4.69) is 24.0 Å². The third-order valence-electron chi connectivity index (χ3n) is 5.99. The Kier molecular flexibility index (Phi) is 2.75. The first-order valence-electron chi connectivity index (χ1n) is 8.15. The average Bonchev–Trinajstić information content (AvgIpc) is 2.85. The Hall–Kier alpha value is -0.900. The SMILES string of the molecule is CC(C)c1noc(C(N)C23CC4CC(CC(C4)C2)C3)n1. The summed E-state index contributed by atoms with van der Waals surface area (Å²) < 4.78 is 5.49. The van der Waals surface area contributed by atoms with Crippen LogP contribution in [0, 0.1) is 23.2 Å². The summed E-state index contributed by atoms with van der Waals surface area (Å²) in [6, 6.07) is -0.0594. The van der Waals surface area contributed by atoms with Crippen LogP contribution in [0.1, 0.15) is 76.0 Å². The molecular formula is C16H25N3O. The molecular weight excluding hydrogens is 250 g/mol. The molecule has 1 unspecified atom stereocenters. The molecule has 0 saturated heterocycles. The van der Waals surface area contributed by atoms with E-state index in [-0.39, 0.29) is 11.5 Å². The molecule has 0 spiro atoms. The highest BCUT2D eigenvalue weighted by molar-refractivity contribution is 5.10. The van der Waals surface area contributed by atoms with Gasteiger partial charge in [0, 0.05) is 5.92 Å². The minimum atomic E-state index is -0.0594. The van der Waals surface area contributed by atoms with Gasteiger partial charge in [0.1, 0.15) is 0 Å². The third-order valence-corrected chi connectivity index (χ3v) is 5.99. The number of rotatable bonds is 3. The zero-order valence-corrected chi connectivity index (χ0v) is 12.5. The molecule has 4 heteroatoms. The molecule has 4 nitrogen and oxygen atoms in total. The summed E-state index contributed by atoms with van der Waals surface area (Å²) in [5.41, 5.74) is 6.86. The first-order valence-corrected chi connectivity index (χ1v) is 8.15. The topological polar surface area (TPSA) is 64.9 Å². The molecule has 5 rings (SSSR count). The Morgan fingerprint density at radius 2 is 1.65 bits per heavy atom. The predicted octanol–water partition coefficient (Wildman–Crippen LogP) is 3.41. The Balaban J connectivity index is 1.62. The number of nitrogens with zero attached hydrogens (tertiary/aromatic N) is 2. The van der Waals surface area contributed by atoms with Crippen LogP contribution in [0.5, 0.6) is 0 Å². The van der Waals surface area contributed by atoms with E-state index < -0.39 is 0 Å². The Morgan fingerprint density at radius 1 is 1.10 bits per heavy atom. The van der Waals surface area contributed by atoms with Crippen molar-refractivity contribution in [3.8, 4) is 0 Å². The summed E-state index contributed by atoms with van der Waals surface area (Å²) in [5.74, 6) is 4.48. The maximum absolute atomic E-state index is 6.61. The number of nitrogens with two attached hydrogens (primary N) is 1. The van der Waals surface area contributed by atoms with Gasteiger partial charge in [-0.2, -0.15) is 4.98 Å². The van der Waals surface area contributed by atoms with Gasteiger partial charge in [-0.25, -0.2) is 0 Å². The van der Waals surface area contributed by atoms with Gasteiger partial charge >= 0.3 is 0 Å². The van der Waals surface area contributed by atoms with Gasteiger partial charge in [0.25, 0.3) is 0 Å². The van der Waals surface area contributed by atoms with Crippen LogP contribution in [0.2, 0.25) is 0 Å². The number of hydrogen-bond acceptors (Lipinski definition) is 4. The molecule has 110 valence electrons. The lowest BCUT2D eigenvalue weighted by Gasteiger charge is -2.58. The molecule has 0 aliphatic heterocycles. The zero-order chi connectivity index (χ0) is 13.9. The second-order valence-electron chi connectivity index (χ2n) is 7.90. The van der Waals surface area contributed by atoms with E-state index in [9.17, 15) is 0 Å². The Labute approximate surface area is 120 Å². The van der Waals surface area contributed by atoms with Crippen molar-refractivity contribution in [1.29, 1.82) is 0 Å². The minimum absolute atomic E-state index is 0.0594. The first-order chi connectivity index (χ1) is 9.56. The standard InChI is InChI=1S/C16H25N3O/c1-9(2)14-18-15(20-19-14)13(17)16-6-10-3-11(7-16)5-12(4-10)8-16/h9-13H,3-8,17H2,1-2H3. The van der Waals surface area contributed by atoms with Crippen molar-refractivity contribution in [2.75, 3.05) is 0 Å². The van der Waals surface area contributed by atoms with E-state index in [4.69, 9.17) is 10.3 Å². The predicted molar refractivity (Wildman–Crippen MR) is 75.9 cm³/mol. The maximum atomic E-state index is 6.61. The molecule has 4 bridgehead atoms. The van der Waals surface area contributed by atoms with Crippen LogP contribution in [-0.2, 0) is 0 Å². The fourth-order valence-electron chi connectivity index (χ4n) is 5.43. The van der Waals surface area contributed by atoms with E-state index >= 15 is 0 Å². The second-order valence-corrected chi connectivity index (χ2v) is 7.90. The van der Waals surface area contributed by atoms with Crippen molar-refractivity contribution in [1.82, 2.24) is 10.1 Å². The van der Waals surface area contributed by atoms with Crippen LogP contribution >= 0.6 is 0 Å². The fraction of sp³-hybridized carbons (Fsp3) is 0.875. The van der Waals surface area contributed by atoms with Gasteiger partial charge < -0.3 is 10.3 Å². The highest BCUT2D eigenvalue weighted by Gasteiger charge is 2.54. The van der Waals surface area contributed by atoms with Crippen LogP contribution < -0.4 is 5.73 Å². The van der Waals surface area contributed by atoms with Crippen molar-refractivity contribution in [2.45, 2.75) is 64.3 Å². The molecule has 4 fully saturated rings. The molecule has 1 aromatic heterocycles. The summed E-state index contributed by atoms with van der Waals surface area (Å²) in [7, 11) is 0. The molecule has 1 heterocycles. The van der Waals surface area contributed by atoms with Crippen molar-refractivity contribution in [3.05, 3.63) is 11.7 Å². The van der Waals surface area contributed by atoms with Crippen LogP contribution in [-0.4, -0.2) is 10.1 Å². The minimum Gasteiger partial charge on any atom is -0.338 e. The van der Waals surface area contributed by atoms with Crippen molar-refractivity contribution in [3.63, 3.8) is 0 Å². The lowest BCUT2D eigenvalue weighted by Crippen LogP contribution is -2.50. The molecule has 4 saturated carbocycles. The van der Waals surface area contributed by atoms with Crippen molar-refractivity contribution < 1.29 is 4.52 Å². The molecule has 0 radical (unpaired) electrons. The van der Waals surface area contributed by atoms with Crippen LogP contribution in [0.15, 0.2) is 4.52 Å². The van der Waals surface area contributed by atoms with Crippen molar-refractivity contribution >= 4 is 0 Å². The van der Waals surface area contributed by atoms with Gasteiger partial charge in [-0.15, -0.1) is 0 Å². The smallest absolute Gasteiger partial charge is 0.244 e. The molecule has 0 amide bonds. The summed E-state index contributed by atoms with van der Waals surface area (Å²) in [6.07, 6.45) is 8.14. The summed E-state index contributed by atoms with van der Waals surface area (Å²) in [4.78, 5) is 4.56. The monoisotopic (exact) mass is 275 g/mol. The largest absolute Gasteiger partial charge is 0.338 e. The molecule has 2 N–H and O–H groups in total. The average molecular weight is 275 g/mol. The van der Waals surface area contributed by atoms with Crippen LogP contribution in [0.3, 0.4) is 0 Å². The highest BCUT2D eigenvalue weighted by atomic mass is 16.5. The van der Waals surface area contributed by atoms with Crippen LogP contribution in [0.25, 0.3) is 0 Å². The lowest BCUT2D eigenvalue weighted by molar-refractivity contribution is -0.0724. The Bertz CT molecular complexity index is 472. The van der Waals surface area contributed by atoms with Gasteiger partial charge in [0.15, 0.2) is 5.82 Å². The molecule has 20 heavy (non-hydrogen) atoms. The quantitative estimate of drug-likeness (QED) is 0.918. The normalized spacial score (nSPS) is 40.5. The first kappa shape index (κ1) is 12.8. The van der Waals surface area contributed by atoms with E-state index in [0.29, 0.717) is 11.8 Å². The van der Waals surface area contributed by atoms with Crippen LogP contribution in [0.4, 0.5) is 0 Å². The Morgan fingerprint density at radius 3 is 2.10 bits per heavy atom. The molecule has 1 atom stereocenters. The van der Waals surface area contributed by atoms with E-state index in [1.54, 1.807) is 0 Å². The summed E-state index contributed by atoms with van der Waals surface area (Å²) in [6.45, 7) is 4.18. The van der Waals surface area contributed by atoms with E-state index in [0.717, 1.165) is 23.6 Å². The van der Waals surface area contributed by atoms with Crippen molar-refractivity contribution in [2.24, 2.45) is 28.9 Å². The molecule has 0 aromatic carbocycles.